The maximum atomic E-state index is 12.1. The topological polar surface area (TPSA) is 66.0 Å². The van der Waals surface area contributed by atoms with E-state index >= 15 is 0 Å². The second-order valence-electron chi connectivity index (χ2n) is 6.74. The van der Waals surface area contributed by atoms with Crippen molar-refractivity contribution in [3.8, 4) is 5.75 Å². The van der Waals surface area contributed by atoms with Gasteiger partial charge in [0.05, 0.1) is 13.2 Å². The molecule has 25 heavy (non-hydrogen) atoms. The lowest BCUT2D eigenvalue weighted by Crippen LogP contribution is -2.48. The lowest BCUT2D eigenvalue weighted by molar-refractivity contribution is -0.122. The van der Waals surface area contributed by atoms with Crippen molar-refractivity contribution in [1.82, 2.24) is 15.5 Å². The minimum Gasteiger partial charge on any atom is -0.493 e. The Labute approximate surface area is 155 Å². The SMILES string of the molecule is CCOc1cc(Cl)ccc1CNC(=NC)N(C)CC(=O)NC(C)(C)C. The van der Waals surface area contributed by atoms with Gasteiger partial charge >= 0.3 is 0 Å². The number of hydrogen-bond acceptors (Lipinski definition) is 3. The van der Waals surface area contributed by atoms with Gasteiger partial charge in [0.25, 0.3) is 0 Å². The number of carbonyl (C=O) groups is 1. The highest BCUT2D eigenvalue weighted by Crippen LogP contribution is 2.23. The number of ether oxygens (including phenoxy) is 1. The molecule has 0 spiro atoms. The standard InChI is InChI=1S/C18H29ClN4O2/c1-7-25-15-10-14(19)9-8-13(15)11-21-17(20-5)23(6)12-16(24)22-18(2,3)4/h8-10H,7,11-12H2,1-6H3,(H,20,21)(H,22,24). The lowest BCUT2D eigenvalue weighted by atomic mass is 10.1. The quantitative estimate of drug-likeness (QED) is 0.598. The molecule has 1 rings (SSSR count). The van der Waals surface area contributed by atoms with E-state index in [1.165, 1.54) is 0 Å². The minimum atomic E-state index is -0.259. The van der Waals surface area contributed by atoms with Crippen LogP contribution in [0.3, 0.4) is 0 Å². The fourth-order valence-electron chi connectivity index (χ4n) is 2.27. The molecular formula is C18H29ClN4O2. The van der Waals surface area contributed by atoms with Gasteiger partial charge in [0.2, 0.25) is 5.91 Å². The molecule has 0 aliphatic rings. The highest BCUT2D eigenvalue weighted by Gasteiger charge is 2.17. The highest BCUT2D eigenvalue weighted by molar-refractivity contribution is 6.30. The first-order valence-electron chi connectivity index (χ1n) is 8.30. The largest absolute Gasteiger partial charge is 0.493 e. The summed E-state index contributed by atoms with van der Waals surface area (Å²) >= 11 is 6.03. The van der Waals surface area contributed by atoms with Crippen LogP contribution in [0.1, 0.15) is 33.3 Å². The molecule has 1 amide bonds. The molecule has 0 atom stereocenters. The summed E-state index contributed by atoms with van der Waals surface area (Å²) in [5.74, 6) is 1.31. The molecule has 0 radical (unpaired) electrons. The van der Waals surface area contributed by atoms with Gasteiger partial charge in [-0.15, -0.1) is 0 Å². The normalized spacial score (nSPS) is 11.9. The van der Waals surface area contributed by atoms with Crippen LogP contribution < -0.4 is 15.4 Å². The minimum absolute atomic E-state index is 0.0561. The summed E-state index contributed by atoms with van der Waals surface area (Å²) in [4.78, 5) is 18.1. The molecule has 2 N–H and O–H groups in total. The number of hydrogen-bond donors (Lipinski definition) is 2. The van der Waals surface area contributed by atoms with Crippen molar-refractivity contribution in [2.24, 2.45) is 4.99 Å². The third-order valence-corrected chi connectivity index (χ3v) is 3.47. The first kappa shape index (κ1) is 21.1. The smallest absolute Gasteiger partial charge is 0.240 e. The van der Waals surface area contributed by atoms with E-state index in [2.05, 4.69) is 15.6 Å². The Morgan fingerprint density at radius 1 is 1.36 bits per heavy atom. The summed E-state index contributed by atoms with van der Waals surface area (Å²) < 4.78 is 5.62. The van der Waals surface area contributed by atoms with Crippen LogP contribution in [0.4, 0.5) is 0 Å². The van der Waals surface area contributed by atoms with Gasteiger partial charge in [-0.25, -0.2) is 0 Å². The Hall–Kier alpha value is -1.95. The predicted octanol–water partition coefficient (Wildman–Crippen LogP) is 2.66. The van der Waals surface area contributed by atoms with Gasteiger partial charge in [0.1, 0.15) is 5.75 Å². The van der Waals surface area contributed by atoms with Crippen LogP contribution in [0, 0.1) is 0 Å². The first-order valence-corrected chi connectivity index (χ1v) is 8.68. The van der Waals surface area contributed by atoms with E-state index in [9.17, 15) is 4.79 Å². The van der Waals surface area contributed by atoms with Crippen LogP contribution in [0.5, 0.6) is 5.75 Å². The average molecular weight is 369 g/mol. The lowest BCUT2D eigenvalue weighted by Gasteiger charge is -2.25. The summed E-state index contributed by atoms with van der Waals surface area (Å²) in [6.45, 7) is 9.09. The van der Waals surface area contributed by atoms with Gasteiger partial charge in [-0.2, -0.15) is 0 Å². The van der Waals surface area contributed by atoms with Crippen LogP contribution >= 0.6 is 11.6 Å². The second-order valence-corrected chi connectivity index (χ2v) is 7.18. The molecule has 0 aliphatic carbocycles. The van der Waals surface area contributed by atoms with E-state index in [1.54, 1.807) is 18.0 Å². The monoisotopic (exact) mass is 368 g/mol. The summed E-state index contributed by atoms with van der Waals surface area (Å²) in [7, 11) is 3.51. The van der Waals surface area contributed by atoms with E-state index in [0.717, 1.165) is 11.3 Å². The number of nitrogens with one attached hydrogen (secondary N) is 2. The molecule has 0 heterocycles. The Morgan fingerprint density at radius 3 is 2.60 bits per heavy atom. The van der Waals surface area contributed by atoms with E-state index in [-0.39, 0.29) is 18.0 Å². The molecule has 7 heteroatoms. The van der Waals surface area contributed by atoms with Gasteiger partial charge in [0.15, 0.2) is 5.96 Å². The molecular weight excluding hydrogens is 340 g/mol. The Kier molecular flexibility index (Phi) is 8.03. The maximum absolute atomic E-state index is 12.1. The predicted molar refractivity (Wildman–Crippen MR) is 103 cm³/mol. The Morgan fingerprint density at radius 2 is 2.04 bits per heavy atom. The number of aliphatic imine (C=N–C) groups is 1. The number of benzene rings is 1. The third-order valence-electron chi connectivity index (χ3n) is 3.23. The van der Waals surface area contributed by atoms with Crippen LogP contribution in [0.15, 0.2) is 23.2 Å². The Balaban J connectivity index is 2.69. The second kappa shape index (κ2) is 9.51. The van der Waals surface area contributed by atoms with Gasteiger partial charge < -0.3 is 20.3 Å². The molecule has 1 aromatic rings. The van der Waals surface area contributed by atoms with Crippen LogP contribution in [-0.2, 0) is 11.3 Å². The van der Waals surface area contributed by atoms with E-state index < -0.39 is 0 Å². The number of rotatable bonds is 6. The number of guanidine groups is 1. The zero-order valence-corrected chi connectivity index (χ0v) is 16.7. The summed E-state index contributed by atoms with van der Waals surface area (Å²) in [5, 5.41) is 6.81. The number of nitrogens with zero attached hydrogens (tertiary/aromatic N) is 2. The molecule has 0 unspecified atom stereocenters. The van der Waals surface area contributed by atoms with Crippen molar-refractivity contribution >= 4 is 23.5 Å². The van der Waals surface area contributed by atoms with Crippen molar-refractivity contribution in [1.29, 1.82) is 0 Å². The zero-order chi connectivity index (χ0) is 19.0. The van der Waals surface area contributed by atoms with Crippen molar-refractivity contribution in [2.75, 3.05) is 27.2 Å². The van der Waals surface area contributed by atoms with Gasteiger partial charge in [0, 0.05) is 36.8 Å². The number of likely N-dealkylation sites (N-methyl/N-ethyl adjacent to an activating group) is 1. The highest BCUT2D eigenvalue weighted by atomic mass is 35.5. The van der Waals surface area contributed by atoms with Crippen molar-refractivity contribution in [3.05, 3.63) is 28.8 Å². The molecule has 1 aromatic carbocycles. The summed E-state index contributed by atoms with van der Waals surface area (Å²) in [6, 6.07) is 5.54. The molecule has 0 bridgehead atoms. The van der Waals surface area contributed by atoms with Crippen LogP contribution in [-0.4, -0.2) is 49.6 Å². The van der Waals surface area contributed by atoms with E-state index in [1.807, 2.05) is 46.9 Å². The van der Waals surface area contributed by atoms with E-state index in [4.69, 9.17) is 16.3 Å². The number of carbonyl (C=O) groups excluding carboxylic acids is 1. The fraction of sp³-hybridized carbons (Fsp3) is 0.556. The van der Waals surface area contributed by atoms with Crippen molar-refractivity contribution in [2.45, 2.75) is 39.8 Å². The maximum Gasteiger partial charge on any atom is 0.240 e. The number of halogens is 1. The van der Waals surface area contributed by atoms with E-state index in [0.29, 0.717) is 24.1 Å². The average Bonchev–Trinajstić information content (AvgIpc) is 2.48. The first-order chi connectivity index (χ1) is 11.7. The molecule has 0 saturated carbocycles. The van der Waals surface area contributed by atoms with Crippen LogP contribution in [0.25, 0.3) is 0 Å². The fourth-order valence-corrected chi connectivity index (χ4v) is 2.43. The number of amides is 1. The molecule has 0 saturated heterocycles. The zero-order valence-electron chi connectivity index (χ0n) is 15.9. The molecule has 0 fully saturated rings. The Bertz CT molecular complexity index is 612. The van der Waals surface area contributed by atoms with Gasteiger partial charge in [-0.3, -0.25) is 9.79 Å². The third kappa shape index (κ3) is 7.65. The van der Waals surface area contributed by atoms with Gasteiger partial charge in [-0.1, -0.05) is 17.7 Å². The molecule has 6 nitrogen and oxygen atoms in total. The summed E-state index contributed by atoms with van der Waals surface area (Å²) in [6.07, 6.45) is 0. The van der Waals surface area contributed by atoms with Crippen molar-refractivity contribution < 1.29 is 9.53 Å². The molecule has 0 aliphatic heterocycles. The van der Waals surface area contributed by atoms with Crippen LogP contribution in [0.2, 0.25) is 5.02 Å². The molecule has 140 valence electrons. The van der Waals surface area contributed by atoms with Gasteiger partial charge in [-0.05, 0) is 39.8 Å². The summed E-state index contributed by atoms with van der Waals surface area (Å²) in [5.41, 5.74) is 0.713. The molecule has 0 aromatic heterocycles. The van der Waals surface area contributed by atoms with Crippen molar-refractivity contribution in [3.63, 3.8) is 0 Å².